The Morgan fingerprint density at radius 3 is 2.56 bits per heavy atom. The van der Waals surface area contributed by atoms with Crippen LogP contribution < -0.4 is 10.5 Å². The van der Waals surface area contributed by atoms with Crippen molar-refractivity contribution in [2.24, 2.45) is 5.73 Å². The lowest BCUT2D eigenvalue weighted by molar-refractivity contribution is 0.315. The minimum Gasteiger partial charge on any atom is -0.493 e. The first-order chi connectivity index (χ1) is 7.69. The summed E-state index contributed by atoms with van der Waals surface area (Å²) < 4.78 is 5.64. The summed E-state index contributed by atoms with van der Waals surface area (Å²) in [5, 5.41) is 0. The highest BCUT2D eigenvalue weighted by Gasteiger charge is 2.07. The van der Waals surface area contributed by atoms with E-state index in [1.807, 2.05) is 6.07 Å². The largest absolute Gasteiger partial charge is 0.493 e. The molecule has 2 heteroatoms. The molecule has 0 aliphatic carbocycles. The molecule has 1 aromatic carbocycles. The van der Waals surface area contributed by atoms with Crippen molar-refractivity contribution in [2.45, 2.75) is 46.1 Å². The summed E-state index contributed by atoms with van der Waals surface area (Å²) >= 11 is 0. The molecule has 0 radical (unpaired) electrons. The number of rotatable bonds is 6. The van der Waals surface area contributed by atoms with Gasteiger partial charge in [0.15, 0.2) is 0 Å². The van der Waals surface area contributed by atoms with Crippen molar-refractivity contribution in [1.29, 1.82) is 0 Å². The van der Waals surface area contributed by atoms with Crippen molar-refractivity contribution in [3.63, 3.8) is 0 Å². The summed E-state index contributed by atoms with van der Waals surface area (Å²) in [7, 11) is 0. The van der Waals surface area contributed by atoms with Crippen LogP contribution in [0.5, 0.6) is 5.75 Å². The normalized spacial score (nSPS) is 12.5. The minimum absolute atomic E-state index is 0.156. The van der Waals surface area contributed by atoms with E-state index in [1.54, 1.807) is 0 Å². The molecule has 2 N–H and O–H groups in total. The molecule has 1 atom stereocenters. The van der Waals surface area contributed by atoms with Crippen LogP contribution in [-0.2, 0) is 0 Å². The Balaban J connectivity index is 2.73. The van der Waals surface area contributed by atoms with E-state index >= 15 is 0 Å². The molecule has 90 valence electrons. The van der Waals surface area contributed by atoms with Gasteiger partial charge in [-0.2, -0.15) is 0 Å². The predicted molar refractivity (Wildman–Crippen MR) is 68.8 cm³/mol. The van der Waals surface area contributed by atoms with Gasteiger partial charge in [0.2, 0.25) is 0 Å². The zero-order valence-corrected chi connectivity index (χ0v) is 10.6. The standard InChI is InChI=1S/C14H23NO/c1-4-6-13(15)12-7-8-14(11(3)10-12)16-9-5-2/h7-8,10,13H,4-6,9,15H2,1-3H3. The molecule has 1 aromatic rings. The van der Waals surface area contributed by atoms with Crippen LogP contribution in [0, 0.1) is 6.92 Å². The number of aryl methyl sites for hydroxylation is 1. The monoisotopic (exact) mass is 221 g/mol. The van der Waals surface area contributed by atoms with Crippen LogP contribution in [0.3, 0.4) is 0 Å². The van der Waals surface area contributed by atoms with Crippen LogP contribution >= 0.6 is 0 Å². The van der Waals surface area contributed by atoms with Crippen molar-refractivity contribution in [2.75, 3.05) is 6.61 Å². The fourth-order valence-electron chi connectivity index (χ4n) is 1.75. The third-order valence-corrected chi connectivity index (χ3v) is 2.69. The lowest BCUT2D eigenvalue weighted by atomic mass is 10.0. The molecule has 0 fully saturated rings. The van der Waals surface area contributed by atoms with Gasteiger partial charge in [0, 0.05) is 6.04 Å². The van der Waals surface area contributed by atoms with E-state index in [2.05, 4.69) is 32.9 Å². The summed E-state index contributed by atoms with van der Waals surface area (Å²) in [5.41, 5.74) is 8.47. The molecular formula is C14H23NO. The Hall–Kier alpha value is -1.02. The summed E-state index contributed by atoms with van der Waals surface area (Å²) in [6.07, 6.45) is 3.19. The second-order valence-electron chi connectivity index (χ2n) is 4.27. The lowest BCUT2D eigenvalue weighted by Crippen LogP contribution is -2.10. The van der Waals surface area contributed by atoms with Crippen LogP contribution in [-0.4, -0.2) is 6.61 Å². The molecule has 0 heterocycles. The average molecular weight is 221 g/mol. The SMILES string of the molecule is CCCOc1ccc(C(N)CCC)cc1C. The molecule has 0 saturated carbocycles. The van der Waals surface area contributed by atoms with Crippen LogP contribution in [0.15, 0.2) is 18.2 Å². The maximum atomic E-state index is 6.08. The molecule has 2 nitrogen and oxygen atoms in total. The van der Waals surface area contributed by atoms with Gasteiger partial charge in [-0.3, -0.25) is 0 Å². The predicted octanol–water partition coefficient (Wildman–Crippen LogP) is 3.58. The van der Waals surface area contributed by atoms with E-state index in [4.69, 9.17) is 10.5 Å². The molecule has 1 unspecified atom stereocenters. The highest BCUT2D eigenvalue weighted by Crippen LogP contribution is 2.23. The summed E-state index contributed by atoms with van der Waals surface area (Å²) in [6.45, 7) is 7.13. The zero-order valence-electron chi connectivity index (χ0n) is 10.6. The number of ether oxygens (including phenoxy) is 1. The van der Waals surface area contributed by atoms with E-state index in [-0.39, 0.29) is 6.04 Å². The highest BCUT2D eigenvalue weighted by atomic mass is 16.5. The van der Waals surface area contributed by atoms with Gasteiger partial charge >= 0.3 is 0 Å². The fourth-order valence-corrected chi connectivity index (χ4v) is 1.75. The van der Waals surface area contributed by atoms with Gasteiger partial charge in [0.25, 0.3) is 0 Å². The van der Waals surface area contributed by atoms with E-state index in [9.17, 15) is 0 Å². The van der Waals surface area contributed by atoms with Crippen molar-refractivity contribution in [3.05, 3.63) is 29.3 Å². The molecule has 0 saturated heterocycles. The second-order valence-corrected chi connectivity index (χ2v) is 4.27. The number of nitrogens with two attached hydrogens (primary N) is 1. The first kappa shape index (κ1) is 13.0. The summed E-state index contributed by atoms with van der Waals surface area (Å²) in [4.78, 5) is 0. The lowest BCUT2D eigenvalue weighted by Gasteiger charge is -2.14. The maximum Gasteiger partial charge on any atom is 0.122 e. The highest BCUT2D eigenvalue weighted by molar-refractivity contribution is 5.37. The molecule has 0 aliphatic heterocycles. The van der Waals surface area contributed by atoms with Crippen molar-refractivity contribution in [3.8, 4) is 5.75 Å². The van der Waals surface area contributed by atoms with E-state index in [0.29, 0.717) is 0 Å². The summed E-state index contributed by atoms with van der Waals surface area (Å²) in [6, 6.07) is 6.42. The van der Waals surface area contributed by atoms with Crippen LogP contribution in [0.1, 0.15) is 50.3 Å². The Kier molecular flexibility index (Phi) is 5.33. The van der Waals surface area contributed by atoms with Crippen molar-refractivity contribution < 1.29 is 4.74 Å². The average Bonchev–Trinajstić information content (AvgIpc) is 2.27. The van der Waals surface area contributed by atoms with Gasteiger partial charge in [-0.25, -0.2) is 0 Å². The van der Waals surface area contributed by atoms with Gasteiger partial charge in [-0.15, -0.1) is 0 Å². The van der Waals surface area contributed by atoms with Crippen molar-refractivity contribution >= 4 is 0 Å². The second kappa shape index (κ2) is 6.54. The smallest absolute Gasteiger partial charge is 0.122 e. The van der Waals surface area contributed by atoms with Gasteiger partial charge in [-0.1, -0.05) is 32.4 Å². The Morgan fingerprint density at radius 1 is 1.25 bits per heavy atom. The maximum absolute atomic E-state index is 6.08. The fraction of sp³-hybridized carbons (Fsp3) is 0.571. The number of hydrogen-bond acceptors (Lipinski definition) is 2. The molecule has 0 bridgehead atoms. The number of hydrogen-bond donors (Lipinski definition) is 1. The number of benzene rings is 1. The molecular weight excluding hydrogens is 198 g/mol. The van der Waals surface area contributed by atoms with Crippen LogP contribution in [0.4, 0.5) is 0 Å². The Bertz CT molecular complexity index is 323. The van der Waals surface area contributed by atoms with Crippen molar-refractivity contribution in [1.82, 2.24) is 0 Å². The van der Waals surface area contributed by atoms with E-state index in [1.165, 1.54) is 11.1 Å². The minimum atomic E-state index is 0.156. The topological polar surface area (TPSA) is 35.2 Å². The third kappa shape index (κ3) is 3.53. The molecule has 1 rings (SSSR count). The van der Waals surface area contributed by atoms with Gasteiger partial charge in [0.05, 0.1) is 6.61 Å². The third-order valence-electron chi connectivity index (χ3n) is 2.69. The molecule has 16 heavy (non-hydrogen) atoms. The zero-order chi connectivity index (χ0) is 12.0. The van der Waals surface area contributed by atoms with Gasteiger partial charge in [0.1, 0.15) is 5.75 Å². The van der Waals surface area contributed by atoms with Crippen LogP contribution in [0.25, 0.3) is 0 Å². The van der Waals surface area contributed by atoms with E-state index < -0.39 is 0 Å². The molecule has 0 spiro atoms. The van der Waals surface area contributed by atoms with Gasteiger partial charge in [-0.05, 0) is 37.0 Å². The first-order valence-electron chi connectivity index (χ1n) is 6.18. The van der Waals surface area contributed by atoms with E-state index in [0.717, 1.165) is 31.6 Å². The first-order valence-corrected chi connectivity index (χ1v) is 6.18. The molecule has 0 amide bonds. The van der Waals surface area contributed by atoms with Gasteiger partial charge < -0.3 is 10.5 Å². The molecule has 0 aliphatic rings. The van der Waals surface area contributed by atoms with Crippen LogP contribution in [0.2, 0.25) is 0 Å². The quantitative estimate of drug-likeness (QED) is 0.796. The summed E-state index contributed by atoms with van der Waals surface area (Å²) in [5.74, 6) is 0.981. The molecule has 0 aromatic heterocycles. The Morgan fingerprint density at radius 2 is 2.00 bits per heavy atom. The Labute approximate surface area is 98.8 Å².